The second-order valence-corrected chi connectivity index (χ2v) is 14.8. The predicted octanol–water partition coefficient (Wildman–Crippen LogP) is 2.71. The Hall–Kier alpha value is -0.970. The van der Waals surface area contributed by atoms with Crippen LogP contribution in [-0.4, -0.2) is 86.4 Å². The largest absolute Gasteiger partial charge is 0.444 e. The average molecular weight is 533 g/mol. The Kier molecular flexibility index (Phi) is 11.9. The minimum absolute atomic E-state index is 0.0143. The van der Waals surface area contributed by atoms with Crippen molar-refractivity contribution in [2.75, 3.05) is 6.54 Å². The summed E-state index contributed by atoms with van der Waals surface area (Å²) in [6.45, 7) is 20.2. The van der Waals surface area contributed by atoms with Crippen molar-refractivity contribution in [2.24, 2.45) is 16.2 Å². The van der Waals surface area contributed by atoms with E-state index in [0.29, 0.717) is 19.3 Å². The number of nitrogens with one attached hydrogen (secondary N) is 2. The molecule has 7 unspecified atom stereocenters. The molecule has 0 aromatic rings. The Morgan fingerprint density at radius 2 is 1.41 bits per heavy atom. The standard InChI is InChI=1S/C28H56N2O7/c1-25(2,3)15-27(7,8)21(33)13-20(32)18(14-29-17-11-12-19(31)23(35)22(17)34)30-24(36)37-28(9,10)16-26(4,5)6/h17-23,29,31-35H,11-16H2,1-10H3,(H,30,36). The van der Waals surface area contributed by atoms with Gasteiger partial charge in [0, 0.05) is 19.0 Å². The van der Waals surface area contributed by atoms with Crippen molar-refractivity contribution in [3.8, 4) is 0 Å². The van der Waals surface area contributed by atoms with Crippen molar-refractivity contribution in [3.63, 3.8) is 0 Å². The minimum atomic E-state index is -1.27. The third kappa shape index (κ3) is 12.2. The summed E-state index contributed by atoms with van der Waals surface area (Å²) in [7, 11) is 0. The normalized spacial score (nSPS) is 26.4. The lowest BCUT2D eigenvalue weighted by molar-refractivity contribution is -0.0988. The van der Waals surface area contributed by atoms with Gasteiger partial charge in [-0.1, -0.05) is 55.4 Å². The highest BCUT2D eigenvalue weighted by Gasteiger charge is 2.39. The number of alkyl carbamates (subject to hydrolysis) is 1. The first-order valence-corrected chi connectivity index (χ1v) is 13.7. The summed E-state index contributed by atoms with van der Waals surface area (Å²) in [6, 6.07) is -1.35. The van der Waals surface area contributed by atoms with Crippen molar-refractivity contribution < 1.29 is 35.1 Å². The van der Waals surface area contributed by atoms with Gasteiger partial charge >= 0.3 is 6.09 Å². The summed E-state index contributed by atoms with van der Waals surface area (Å²) in [5.41, 5.74) is -1.28. The predicted molar refractivity (Wildman–Crippen MR) is 145 cm³/mol. The average Bonchev–Trinajstić information content (AvgIpc) is 2.66. The lowest BCUT2D eigenvalue weighted by atomic mass is 9.71. The summed E-state index contributed by atoms with van der Waals surface area (Å²) in [6.07, 6.45) is -3.90. The number of amides is 1. The quantitative estimate of drug-likeness (QED) is 0.215. The zero-order valence-corrected chi connectivity index (χ0v) is 24.8. The number of aliphatic hydroxyl groups is 5. The van der Waals surface area contributed by atoms with Gasteiger partial charge in [0.1, 0.15) is 11.7 Å². The molecule has 9 heteroatoms. The summed E-state index contributed by atoms with van der Waals surface area (Å²) in [4.78, 5) is 12.9. The third-order valence-corrected chi connectivity index (χ3v) is 6.98. The fourth-order valence-electron chi connectivity index (χ4n) is 5.88. The molecule has 0 radical (unpaired) electrons. The van der Waals surface area contributed by atoms with Crippen molar-refractivity contribution >= 4 is 6.09 Å². The number of carbonyl (C=O) groups excluding carboxylic acids is 1. The van der Waals surface area contributed by atoms with E-state index in [2.05, 4.69) is 52.2 Å². The number of aliphatic hydroxyl groups excluding tert-OH is 5. The van der Waals surface area contributed by atoms with Gasteiger partial charge in [-0.2, -0.15) is 0 Å². The van der Waals surface area contributed by atoms with E-state index in [1.807, 2.05) is 27.7 Å². The number of rotatable bonds is 11. The highest BCUT2D eigenvalue weighted by atomic mass is 16.6. The first-order chi connectivity index (χ1) is 16.5. The molecule has 1 rings (SSSR count). The third-order valence-electron chi connectivity index (χ3n) is 6.98. The van der Waals surface area contributed by atoms with E-state index in [1.165, 1.54) is 0 Å². The van der Waals surface area contributed by atoms with Crippen molar-refractivity contribution in [2.45, 2.75) is 150 Å². The van der Waals surface area contributed by atoms with Crippen LogP contribution in [-0.2, 0) is 4.74 Å². The SMILES string of the molecule is CC(C)(C)CC(C)(C)OC(=O)NC(CNC1CCC(O)C(O)C1O)C(O)CC(O)C(C)(C)CC(C)(C)C. The smallest absolute Gasteiger partial charge is 0.408 e. The molecular weight excluding hydrogens is 476 g/mol. The maximum Gasteiger partial charge on any atom is 0.408 e. The van der Waals surface area contributed by atoms with E-state index < -0.39 is 59.7 Å². The van der Waals surface area contributed by atoms with Crippen molar-refractivity contribution in [3.05, 3.63) is 0 Å². The molecule has 7 N–H and O–H groups in total. The first-order valence-electron chi connectivity index (χ1n) is 13.7. The fraction of sp³-hybridized carbons (Fsp3) is 0.964. The lowest BCUT2D eigenvalue weighted by Gasteiger charge is -2.39. The molecule has 1 aliphatic rings. The summed E-state index contributed by atoms with van der Waals surface area (Å²) in [5, 5.41) is 58.3. The molecule has 0 bridgehead atoms. The van der Waals surface area contributed by atoms with Gasteiger partial charge in [-0.15, -0.1) is 0 Å². The maximum absolute atomic E-state index is 12.9. The summed E-state index contributed by atoms with van der Waals surface area (Å²) < 4.78 is 5.70. The molecule has 1 saturated carbocycles. The van der Waals surface area contributed by atoms with E-state index in [-0.39, 0.29) is 23.8 Å². The van der Waals surface area contributed by atoms with E-state index in [4.69, 9.17) is 4.74 Å². The zero-order valence-electron chi connectivity index (χ0n) is 24.8. The Morgan fingerprint density at radius 1 is 0.865 bits per heavy atom. The Morgan fingerprint density at radius 3 is 1.92 bits per heavy atom. The number of hydrogen-bond donors (Lipinski definition) is 7. The molecule has 1 amide bonds. The van der Waals surface area contributed by atoms with Gasteiger partial charge in [0.05, 0.1) is 30.5 Å². The van der Waals surface area contributed by atoms with Gasteiger partial charge in [-0.25, -0.2) is 4.79 Å². The van der Waals surface area contributed by atoms with Crippen LogP contribution in [0.25, 0.3) is 0 Å². The van der Waals surface area contributed by atoms with Gasteiger partial charge in [0.15, 0.2) is 0 Å². The van der Waals surface area contributed by atoms with E-state index in [1.54, 1.807) is 0 Å². The highest BCUT2D eigenvalue weighted by Crippen LogP contribution is 2.37. The Balaban J connectivity index is 2.98. The molecular formula is C28H56N2O7. The van der Waals surface area contributed by atoms with Gasteiger partial charge < -0.3 is 40.9 Å². The molecule has 7 atom stereocenters. The van der Waals surface area contributed by atoms with Gasteiger partial charge in [0.2, 0.25) is 0 Å². The Bertz CT molecular complexity index is 714. The molecule has 1 aliphatic carbocycles. The van der Waals surface area contributed by atoms with E-state index in [9.17, 15) is 30.3 Å². The monoisotopic (exact) mass is 532 g/mol. The molecule has 0 heterocycles. The fourth-order valence-corrected chi connectivity index (χ4v) is 5.88. The number of ether oxygens (including phenoxy) is 1. The van der Waals surface area contributed by atoms with E-state index in [0.717, 1.165) is 6.42 Å². The van der Waals surface area contributed by atoms with Crippen LogP contribution in [0.5, 0.6) is 0 Å². The Labute approximate surface area is 224 Å². The van der Waals surface area contributed by atoms with Crippen molar-refractivity contribution in [1.82, 2.24) is 10.6 Å². The molecule has 0 saturated heterocycles. The van der Waals surface area contributed by atoms with Crippen LogP contribution in [0.3, 0.4) is 0 Å². The van der Waals surface area contributed by atoms with Crippen LogP contribution in [0, 0.1) is 16.2 Å². The number of hydrogen-bond acceptors (Lipinski definition) is 8. The summed E-state index contributed by atoms with van der Waals surface area (Å²) >= 11 is 0. The van der Waals surface area contributed by atoms with Crippen LogP contribution in [0.2, 0.25) is 0 Å². The molecule has 0 aromatic carbocycles. The molecule has 0 aliphatic heterocycles. The van der Waals surface area contributed by atoms with Gasteiger partial charge in [0.25, 0.3) is 0 Å². The van der Waals surface area contributed by atoms with Crippen LogP contribution in [0.1, 0.15) is 101 Å². The van der Waals surface area contributed by atoms with Crippen LogP contribution < -0.4 is 10.6 Å². The van der Waals surface area contributed by atoms with Crippen LogP contribution >= 0.6 is 0 Å². The van der Waals surface area contributed by atoms with Gasteiger partial charge in [-0.3, -0.25) is 0 Å². The van der Waals surface area contributed by atoms with Crippen LogP contribution in [0.4, 0.5) is 4.79 Å². The summed E-state index contributed by atoms with van der Waals surface area (Å²) in [5.74, 6) is 0. The molecule has 0 aromatic heterocycles. The van der Waals surface area contributed by atoms with Crippen molar-refractivity contribution in [1.29, 1.82) is 0 Å². The molecule has 0 spiro atoms. The molecule has 9 nitrogen and oxygen atoms in total. The van der Waals surface area contributed by atoms with Gasteiger partial charge in [-0.05, 0) is 55.8 Å². The van der Waals surface area contributed by atoms with E-state index >= 15 is 0 Å². The topological polar surface area (TPSA) is 152 Å². The van der Waals surface area contributed by atoms with Crippen LogP contribution in [0.15, 0.2) is 0 Å². The second kappa shape index (κ2) is 12.9. The molecule has 1 fully saturated rings. The zero-order chi connectivity index (χ0) is 29.0. The second-order valence-electron chi connectivity index (χ2n) is 14.8. The molecule has 37 heavy (non-hydrogen) atoms. The minimum Gasteiger partial charge on any atom is -0.444 e. The lowest BCUT2D eigenvalue weighted by Crippen LogP contribution is -2.59. The molecule has 220 valence electrons. The highest BCUT2D eigenvalue weighted by molar-refractivity contribution is 5.68. The number of carbonyl (C=O) groups is 1. The maximum atomic E-state index is 12.9. The first kappa shape index (κ1) is 34.1.